The smallest absolute Gasteiger partial charge is 0.339 e. The van der Waals surface area contributed by atoms with Gasteiger partial charge in [0.2, 0.25) is 6.79 Å². The van der Waals surface area contributed by atoms with Gasteiger partial charge in [0.15, 0.2) is 17.6 Å². The lowest BCUT2D eigenvalue weighted by atomic mass is 10.2. The molecule has 1 aliphatic rings. The maximum atomic E-state index is 12.2. The SMILES string of the molecule is C[C@@H](OC(=O)c1ccc2c(c1)OCO2)C(=O)Nc1cc(Cl)ccc1Cl. The Hall–Kier alpha value is -2.44. The second-order valence-corrected chi connectivity index (χ2v) is 6.07. The highest BCUT2D eigenvalue weighted by atomic mass is 35.5. The van der Waals surface area contributed by atoms with Crippen LogP contribution in [0.15, 0.2) is 36.4 Å². The molecule has 130 valence electrons. The van der Waals surface area contributed by atoms with E-state index in [1.54, 1.807) is 18.2 Å². The molecular formula is C17H13Cl2NO5. The first-order valence-electron chi connectivity index (χ1n) is 7.30. The Morgan fingerprint density at radius 3 is 2.68 bits per heavy atom. The first-order valence-corrected chi connectivity index (χ1v) is 8.06. The molecular weight excluding hydrogens is 369 g/mol. The summed E-state index contributed by atoms with van der Waals surface area (Å²) in [6.45, 7) is 1.56. The van der Waals surface area contributed by atoms with E-state index in [1.165, 1.54) is 25.1 Å². The van der Waals surface area contributed by atoms with Crippen LogP contribution in [-0.2, 0) is 9.53 Å². The Labute approximate surface area is 153 Å². The summed E-state index contributed by atoms with van der Waals surface area (Å²) in [5.74, 6) is -0.174. The summed E-state index contributed by atoms with van der Waals surface area (Å²) in [7, 11) is 0. The van der Waals surface area contributed by atoms with E-state index in [-0.39, 0.29) is 12.4 Å². The monoisotopic (exact) mass is 381 g/mol. The Morgan fingerprint density at radius 2 is 1.88 bits per heavy atom. The fourth-order valence-corrected chi connectivity index (χ4v) is 2.47. The van der Waals surface area contributed by atoms with Crippen LogP contribution in [0.4, 0.5) is 5.69 Å². The number of carbonyl (C=O) groups excluding carboxylic acids is 2. The number of esters is 1. The van der Waals surface area contributed by atoms with Gasteiger partial charge in [-0.15, -0.1) is 0 Å². The molecule has 8 heteroatoms. The third-order valence-electron chi connectivity index (χ3n) is 3.45. The average molecular weight is 382 g/mol. The highest BCUT2D eigenvalue weighted by Gasteiger charge is 2.22. The second kappa shape index (κ2) is 7.21. The molecule has 1 aliphatic heterocycles. The van der Waals surface area contributed by atoms with Crippen molar-refractivity contribution in [2.24, 2.45) is 0 Å². The topological polar surface area (TPSA) is 73.9 Å². The van der Waals surface area contributed by atoms with Gasteiger partial charge in [-0.25, -0.2) is 4.79 Å². The van der Waals surface area contributed by atoms with Crippen LogP contribution in [0, 0.1) is 0 Å². The van der Waals surface area contributed by atoms with E-state index < -0.39 is 18.0 Å². The summed E-state index contributed by atoms with van der Waals surface area (Å²) in [4.78, 5) is 24.4. The third-order valence-corrected chi connectivity index (χ3v) is 4.01. The van der Waals surface area contributed by atoms with E-state index in [0.29, 0.717) is 27.2 Å². The fraction of sp³-hybridized carbons (Fsp3) is 0.176. The van der Waals surface area contributed by atoms with Crippen molar-refractivity contribution in [3.8, 4) is 11.5 Å². The van der Waals surface area contributed by atoms with E-state index in [2.05, 4.69) is 5.32 Å². The van der Waals surface area contributed by atoms with E-state index in [9.17, 15) is 9.59 Å². The lowest BCUT2D eigenvalue weighted by Gasteiger charge is -2.14. The molecule has 2 aromatic carbocycles. The molecule has 0 spiro atoms. The summed E-state index contributed by atoms with van der Waals surface area (Å²) in [5, 5.41) is 3.32. The molecule has 0 fully saturated rings. The van der Waals surface area contributed by atoms with Crippen LogP contribution in [0.25, 0.3) is 0 Å². The number of benzene rings is 2. The number of rotatable bonds is 4. The largest absolute Gasteiger partial charge is 0.454 e. The molecule has 0 saturated carbocycles. The van der Waals surface area contributed by atoms with Gasteiger partial charge in [-0.2, -0.15) is 0 Å². The Kier molecular flexibility index (Phi) is 5.01. The minimum Gasteiger partial charge on any atom is -0.454 e. The molecule has 2 aromatic rings. The quantitative estimate of drug-likeness (QED) is 0.812. The molecule has 0 bridgehead atoms. The predicted octanol–water partition coefficient (Wildman–Crippen LogP) is 3.91. The number of carbonyl (C=O) groups is 2. The normalized spacial score (nSPS) is 13.2. The van der Waals surface area contributed by atoms with Gasteiger partial charge in [0.05, 0.1) is 16.3 Å². The van der Waals surface area contributed by atoms with Gasteiger partial charge in [-0.3, -0.25) is 4.79 Å². The minimum absolute atomic E-state index is 0.104. The van der Waals surface area contributed by atoms with Crippen molar-refractivity contribution >= 4 is 40.8 Å². The van der Waals surface area contributed by atoms with Crippen molar-refractivity contribution in [3.05, 3.63) is 52.0 Å². The molecule has 1 N–H and O–H groups in total. The molecule has 3 rings (SSSR count). The van der Waals surface area contributed by atoms with Crippen molar-refractivity contribution < 1.29 is 23.8 Å². The highest BCUT2D eigenvalue weighted by Crippen LogP contribution is 2.32. The molecule has 6 nitrogen and oxygen atoms in total. The van der Waals surface area contributed by atoms with Crippen LogP contribution in [-0.4, -0.2) is 24.8 Å². The van der Waals surface area contributed by atoms with Crippen molar-refractivity contribution in [3.63, 3.8) is 0 Å². The first kappa shape index (κ1) is 17.4. The van der Waals surface area contributed by atoms with E-state index in [4.69, 9.17) is 37.4 Å². The molecule has 0 saturated heterocycles. The second-order valence-electron chi connectivity index (χ2n) is 5.23. The van der Waals surface area contributed by atoms with Crippen LogP contribution >= 0.6 is 23.2 Å². The molecule has 1 atom stereocenters. The zero-order valence-electron chi connectivity index (χ0n) is 13.0. The first-order chi connectivity index (χ1) is 11.9. The van der Waals surface area contributed by atoms with Crippen molar-refractivity contribution in [1.82, 2.24) is 0 Å². The summed E-state index contributed by atoms with van der Waals surface area (Å²) in [5.41, 5.74) is 0.592. The third kappa shape index (κ3) is 3.97. The standard InChI is InChI=1S/C17H13Cl2NO5/c1-9(16(21)20-13-7-11(18)3-4-12(13)19)25-17(22)10-2-5-14-15(6-10)24-8-23-14/h2-7,9H,8H2,1H3,(H,20,21)/t9-/m1/s1. The van der Waals surface area contributed by atoms with Gasteiger partial charge in [0.25, 0.3) is 5.91 Å². The van der Waals surface area contributed by atoms with Crippen LogP contribution in [0.5, 0.6) is 11.5 Å². The number of anilines is 1. The average Bonchev–Trinajstić information content (AvgIpc) is 3.05. The predicted molar refractivity (Wildman–Crippen MR) is 92.5 cm³/mol. The molecule has 0 aliphatic carbocycles. The maximum absolute atomic E-state index is 12.2. The van der Waals surface area contributed by atoms with Crippen molar-refractivity contribution in [2.45, 2.75) is 13.0 Å². The number of halogens is 2. The number of hydrogen-bond donors (Lipinski definition) is 1. The van der Waals surface area contributed by atoms with E-state index in [1.807, 2.05) is 0 Å². The number of hydrogen-bond acceptors (Lipinski definition) is 5. The molecule has 0 aromatic heterocycles. The molecule has 0 unspecified atom stereocenters. The van der Waals surface area contributed by atoms with Gasteiger partial charge in [-0.1, -0.05) is 23.2 Å². The zero-order valence-corrected chi connectivity index (χ0v) is 14.6. The van der Waals surface area contributed by atoms with Crippen LogP contribution in [0.1, 0.15) is 17.3 Å². The highest BCUT2D eigenvalue weighted by molar-refractivity contribution is 6.35. The summed E-state index contributed by atoms with van der Waals surface area (Å²) in [6.07, 6.45) is -1.03. The van der Waals surface area contributed by atoms with Crippen LogP contribution < -0.4 is 14.8 Å². The molecule has 25 heavy (non-hydrogen) atoms. The summed E-state index contributed by atoms with van der Waals surface area (Å²) in [6, 6.07) is 9.31. The van der Waals surface area contributed by atoms with Gasteiger partial charge in [0, 0.05) is 5.02 Å². The van der Waals surface area contributed by atoms with Crippen LogP contribution in [0.2, 0.25) is 10.0 Å². The molecule has 0 radical (unpaired) electrons. The van der Waals surface area contributed by atoms with Gasteiger partial charge < -0.3 is 19.5 Å². The molecule has 1 amide bonds. The summed E-state index contributed by atoms with van der Waals surface area (Å²) < 4.78 is 15.6. The van der Waals surface area contributed by atoms with E-state index >= 15 is 0 Å². The lowest BCUT2D eigenvalue weighted by molar-refractivity contribution is -0.123. The number of amides is 1. The van der Waals surface area contributed by atoms with Crippen LogP contribution in [0.3, 0.4) is 0 Å². The Bertz CT molecular complexity index is 840. The zero-order chi connectivity index (χ0) is 18.0. The number of fused-ring (bicyclic) bond motifs is 1. The van der Waals surface area contributed by atoms with E-state index in [0.717, 1.165) is 0 Å². The molecule has 1 heterocycles. The summed E-state index contributed by atoms with van der Waals surface area (Å²) >= 11 is 11.9. The number of ether oxygens (including phenoxy) is 3. The van der Waals surface area contributed by atoms with Crippen molar-refractivity contribution in [2.75, 3.05) is 12.1 Å². The van der Waals surface area contributed by atoms with Gasteiger partial charge in [-0.05, 0) is 43.3 Å². The van der Waals surface area contributed by atoms with Crippen molar-refractivity contribution in [1.29, 1.82) is 0 Å². The van der Waals surface area contributed by atoms with Gasteiger partial charge in [0.1, 0.15) is 0 Å². The number of nitrogens with one attached hydrogen (secondary N) is 1. The Morgan fingerprint density at radius 1 is 1.12 bits per heavy atom. The Balaban J connectivity index is 1.64. The fourth-order valence-electron chi connectivity index (χ4n) is 2.13. The van der Waals surface area contributed by atoms with Gasteiger partial charge >= 0.3 is 5.97 Å². The minimum atomic E-state index is -1.03. The lowest BCUT2D eigenvalue weighted by Crippen LogP contribution is -2.30. The maximum Gasteiger partial charge on any atom is 0.339 e.